The normalized spacial score (nSPS) is 15.2. The molecule has 0 aliphatic carbocycles. The van der Waals surface area contributed by atoms with Crippen LogP contribution in [-0.4, -0.2) is 71.3 Å². The first-order chi connectivity index (χ1) is 14.1. The van der Waals surface area contributed by atoms with Crippen LogP contribution in [0.2, 0.25) is 0 Å². The number of nitrogens with zero attached hydrogens (tertiary/aromatic N) is 6. The molecule has 0 radical (unpaired) electrons. The van der Waals surface area contributed by atoms with Crippen LogP contribution in [0.3, 0.4) is 0 Å². The van der Waals surface area contributed by atoms with Gasteiger partial charge in [-0.25, -0.2) is 4.98 Å². The van der Waals surface area contributed by atoms with Gasteiger partial charge in [0.1, 0.15) is 6.54 Å². The summed E-state index contributed by atoms with van der Waals surface area (Å²) in [7, 11) is 3.58. The SMILES string of the molecule is CN=C(NCCNc1nc2ccccc2s1)N1CCN(c2cnn(C)c2)C(=O)C1. The largest absolute Gasteiger partial charge is 0.360 e. The van der Waals surface area contributed by atoms with Crippen LogP contribution in [0.5, 0.6) is 0 Å². The van der Waals surface area contributed by atoms with Crippen molar-refractivity contribution in [3.63, 3.8) is 0 Å². The van der Waals surface area contributed by atoms with Crippen LogP contribution in [0, 0.1) is 0 Å². The van der Waals surface area contributed by atoms with Crippen LogP contribution in [0.1, 0.15) is 0 Å². The molecule has 1 aliphatic heterocycles. The number of carbonyl (C=O) groups is 1. The van der Waals surface area contributed by atoms with Crippen LogP contribution in [0.4, 0.5) is 10.8 Å². The van der Waals surface area contributed by atoms with E-state index in [9.17, 15) is 4.79 Å². The summed E-state index contributed by atoms with van der Waals surface area (Å²) >= 11 is 1.64. The highest BCUT2D eigenvalue weighted by Crippen LogP contribution is 2.25. The Labute approximate surface area is 173 Å². The number of aromatic nitrogens is 3. The lowest BCUT2D eigenvalue weighted by Gasteiger charge is -2.35. The number of aryl methyl sites for hydroxylation is 1. The van der Waals surface area contributed by atoms with Crippen molar-refractivity contribution in [3.05, 3.63) is 36.7 Å². The first kappa shape index (κ1) is 19.2. The second kappa shape index (κ2) is 8.48. The fraction of sp³-hybridized carbons (Fsp3) is 0.368. The van der Waals surface area contributed by atoms with E-state index in [1.165, 1.54) is 4.70 Å². The second-order valence-electron chi connectivity index (χ2n) is 6.73. The number of fused-ring (bicyclic) bond motifs is 1. The maximum absolute atomic E-state index is 12.6. The van der Waals surface area contributed by atoms with Crippen LogP contribution >= 0.6 is 11.3 Å². The fourth-order valence-corrected chi connectivity index (χ4v) is 4.19. The average molecular weight is 413 g/mol. The molecule has 4 rings (SSSR count). The van der Waals surface area contributed by atoms with E-state index in [2.05, 4.69) is 31.8 Å². The highest BCUT2D eigenvalue weighted by Gasteiger charge is 2.27. The lowest BCUT2D eigenvalue weighted by Crippen LogP contribution is -2.55. The molecule has 1 aromatic carbocycles. The smallest absolute Gasteiger partial charge is 0.246 e. The lowest BCUT2D eigenvalue weighted by atomic mass is 10.3. The Morgan fingerprint density at radius 1 is 1.28 bits per heavy atom. The number of aliphatic imine (C=N–C) groups is 1. The summed E-state index contributed by atoms with van der Waals surface area (Å²) in [5.41, 5.74) is 1.84. The molecule has 2 aromatic heterocycles. The van der Waals surface area contributed by atoms with Gasteiger partial charge in [0.25, 0.3) is 0 Å². The summed E-state index contributed by atoms with van der Waals surface area (Å²) in [6, 6.07) is 8.09. The minimum atomic E-state index is 0.0415. The molecule has 1 amide bonds. The lowest BCUT2D eigenvalue weighted by molar-refractivity contribution is -0.120. The fourth-order valence-electron chi connectivity index (χ4n) is 3.30. The molecule has 0 unspecified atom stereocenters. The number of nitrogens with one attached hydrogen (secondary N) is 2. The third kappa shape index (κ3) is 4.32. The zero-order chi connectivity index (χ0) is 20.2. The summed E-state index contributed by atoms with van der Waals surface area (Å²) in [4.78, 5) is 25.2. The maximum atomic E-state index is 12.6. The predicted octanol–water partition coefficient (Wildman–Crippen LogP) is 1.37. The molecule has 3 heterocycles. The van der Waals surface area contributed by atoms with Gasteiger partial charge in [-0.3, -0.25) is 14.5 Å². The number of para-hydroxylation sites is 1. The van der Waals surface area contributed by atoms with Gasteiger partial charge in [0.05, 0.1) is 22.1 Å². The predicted molar refractivity (Wildman–Crippen MR) is 117 cm³/mol. The summed E-state index contributed by atoms with van der Waals surface area (Å²) < 4.78 is 2.87. The number of hydrogen-bond acceptors (Lipinski definition) is 6. The van der Waals surface area contributed by atoms with Crippen LogP contribution < -0.4 is 15.5 Å². The Hall–Kier alpha value is -3.14. The number of hydrogen-bond donors (Lipinski definition) is 2. The molecule has 2 N–H and O–H groups in total. The molecular formula is C19H24N8OS. The van der Waals surface area contributed by atoms with Gasteiger partial charge in [-0.1, -0.05) is 23.5 Å². The van der Waals surface area contributed by atoms with E-state index < -0.39 is 0 Å². The van der Waals surface area contributed by atoms with Crippen molar-refractivity contribution in [1.82, 2.24) is 25.0 Å². The van der Waals surface area contributed by atoms with Gasteiger partial charge in [0, 0.05) is 46.5 Å². The average Bonchev–Trinajstić information content (AvgIpc) is 3.33. The monoisotopic (exact) mass is 412 g/mol. The summed E-state index contributed by atoms with van der Waals surface area (Å²) in [5.74, 6) is 0.773. The third-order valence-corrected chi connectivity index (χ3v) is 5.71. The molecule has 0 spiro atoms. The molecule has 1 fully saturated rings. The van der Waals surface area contributed by atoms with Gasteiger partial charge in [-0.15, -0.1) is 0 Å². The first-order valence-corrected chi connectivity index (χ1v) is 10.3. The summed E-state index contributed by atoms with van der Waals surface area (Å²) in [6.07, 6.45) is 3.57. The molecule has 0 saturated carbocycles. The zero-order valence-electron chi connectivity index (χ0n) is 16.5. The van der Waals surface area contributed by atoms with Crippen molar-refractivity contribution in [3.8, 4) is 0 Å². The molecule has 0 bridgehead atoms. The van der Waals surface area contributed by atoms with Crippen molar-refractivity contribution >= 4 is 44.2 Å². The van der Waals surface area contributed by atoms with E-state index in [4.69, 9.17) is 0 Å². The first-order valence-electron chi connectivity index (χ1n) is 9.48. The van der Waals surface area contributed by atoms with E-state index in [1.807, 2.05) is 36.3 Å². The Morgan fingerprint density at radius 2 is 2.14 bits per heavy atom. The third-order valence-electron chi connectivity index (χ3n) is 4.71. The molecular weight excluding hydrogens is 388 g/mol. The Kier molecular flexibility index (Phi) is 5.61. The molecule has 1 saturated heterocycles. The molecule has 9 nitrogen and oxygen atoms in total. The topological polar surface area (TPSA) is 90.7 Å². The number of anilines is 2. The van der Waals surface area contributed by atoms with Crippen molar-refractivity contribution < 1.29 is 4.79 Å². The minimum Gasteiger partial charge on any atom is -0.360 e. The molecule has 29 heavy (non-hydrogen) atoms. The molecule has 152 valence electrons. The number of carbonyl (C=O) groups excluding carboxylic acids is 1. The van der Waals surface area contributed by atoms with Gasteiger partial charge in [0.2, 0.25) is 5.91 Å². The summed E-state index contributed by atoms with van der Waals surface area (Å²) in [6.45, 7) is 3.00. The zero-order valence-corrected chi connectivity index (χ0v) is 17.3. The van der Waals surface area contributed by atoms with Gasteiger partial charge in [-0.2, -0.15) is 5.10 Å². The second-order valence-corrected chi connectivity index (χ2v) is 7.76. The van der Waals surface area contributed by atoms with E-state index in [0.717, 1.165) is 22.3 Å². The van der Waals surface area contributed by atoms with E-state index >= 15 is 0 Å². The number of rotatable bonds is 5. The number of guanidine groups is 1. The van der Waals surface area contributed by atoms with Gasteiger partial charge in [-0.05, 0) is 12.1 Å². The van der Waals surface area contributed by atoms with Crippen LogP contribution in [0.25, 0.3) is 10.2 Å². The van der Waals surface area contributed by atoms with Crippen LogP contribution in [0.15, 0.2) is 41.7 Å². The molecule has 10 heteroatoms. The molecule has 0 atom stereocenters. The number of amides is 1. The molecule has 3 aromatic rings. The standard InChI is InChI=1S/C19H24N8OS/c1-20-18(21-7-8-22-19-24-15-5-3-4-6-16(15)29-19)26-9-10-27(17(28)13-26)14-11-23-25(2)12-14/h3-6,11-12H,7-10,13H2,1-2H3,(H,20,21)(H,22,24). The number of piperazine rings is 1. The van der Waals surface area contributed by atoms with Gasteiger partial charge < -0.3 is 20.4 Å². The van der Waals surface area contributed by atoms with Crippen molar-refractivity contribution in [2.24, 2.45) is 12.0 Å². The Balaban J connectivity index is 1.26. The summed E-state index contributed by atoms with van der Waals surface area (Å²) in [5, 5.41) is 11.7. The van der Waals surface area contributed by atoms with Crippen LogP contribution in [-0.2, 0) is 11.8 Å². The van der Waals surface area contributed by atoms with Crippen molar-refractivity contribution in [2.45, 2.75) is 0 Å². The number of thiazole rings is 1. The van der Waals surface area contributed by atoms with Crippen molar-refractivity contribution in [1.29, 1.82) is 0 Å². The number of benzene rings is 1. The van der Waals surface area contributed by atoms with E-state index in [-0.39, 0.29) is 5.91 Å². The van der Waals surface area contributed by atoms with Crippen molar-refractivity contribution in [2.75, 3.05) is 50.0 Å². The Morgan fingerprint density at radius 3 is 2.86 bits per heavy atom. The maximum Gasteiger partial charge on any atom is 0.246 e. The van der Waals surface area contributed by atoms with E-state index in [0.29, 0.717) is 32.7 Å². The van der Waals surface area contributed by atoms with E-state index in [1.54, 1.807) is 34.2 Å². The highest BCUT2D eigenvalue weighted by atomic mass is 32.1. The quantitative estimate of drug-likeness (QED) is 0.374. The van der Waals surface area contributed by atoms with Gasteiger partial charge in [0.15, 0.2) is 11.1 Å². The molecule has 1 aliphatic rings. The Bertz CT molecular complexity index is 993. The highest BCUT2D eigenvalue weighted by molar-refractivity contribution is 7.22. The minimum absolute atomic E-state index is 0.0415. The van der Waals surface area contributed by atoms with Gasteiger partial charge >= 0.3 is 0 Å².